The van der Waals surface area contributed by atoms with E-state index in [0.717, 1.165) is 0 Å². The van der Waals surface area contributed by atoms with E-state index in [9.17, 15) is 18.0 Å². The van der Waals surface area contributed by atoms with E-state index in [-0.39, 0.29) is 32.1 Å². The van der Waals surface area contributed by atoms with Crippen molar-refractivity contribution in [3.8, 4) is 0 Å². The molecule has 2 aliphatic heterocycles. The molecule has 2 rings (SSSR count). The van der Waals surface area contributed by atoms with Crippen LogP contribution in [-0.4, -0.2) is 98.3 Å². The lowest BCUT2D eigenvalue weighted by Crippen LogP contribution is -2.56. The van der Waals surface area contributed by atoms with Crippen LogP contribution in [0.3, 0.4) is 0 Å². The van der Waals surface area contributed by atoms with Gasteiger partial charge in [-0.3, -0.25) is 4.79 Å². The van der Waals surface area contributed by atoms with Crippen LogP contribution in [0.4, 0.5) is 4.79 Å². The molecule has 0 aliphatic carbocycles. The fourth-order valence-corrected chi connectivity index (χ4v) is 4.82. The Morgan fingerprint density at radius 1 is 1.12 bits per heavy atom. The van der Waals surface area contributed by atoms with Crippen LogP contribution >= 0.6 is 0 Å². The average molecular weight is 362 g/mol. The summed E-state index contributed by atoms with van der Waals surface area (Å²) in [5.74, 6) is -0.193. The Kier molecular flexibility index (Phi) is 6.05. The molecule has 1 unspecified atom stereocenters. The van der Waals surface area contributed by atoms with Gasteiger partial charge in [-0.15, -0.1) is 0 Å². The summed E-state index contributed by atoms with van der Waals surface area (Å²) >= 11 is 0. The number of piperazine rings is 1. The molecule has 0 aromatic heterocycles. The van der Waals surface area contributed by atoms with Crippen LogP contribution in [0.15, 0.2) is 0 Å². The number of amides is 2. The third kappa shape index (κ3) is 3.81. The first kappa shape index (κ1) is 18.9. The van der Waals surface area contributed by atoms with Crippen LogP contribution in [0, 0.1) is 0 Å². The zero-order valence-electron chi connectivity index (χ0n) is 14.5. The topological polar surface area (TPSA) is 90.5 Å². The van der Waals surface area contributed by atoms with Gasteiger partial charge >= 0.3 is 6.09 Å². The Hall–Kier alpha value is -1.39. The summed E-state index contributed by atoms with van der Waals surface area (Å²) in [6, 6.07) is -0.631. The van der Waals surface area contributed by atoms with E-state index < -0.39 is 22.3 Å². The first-order valence-electron chi connectivity index (χ1n) is 8.18. The molecule has 0 radical (unpaired) electrons. The predicted molar refractivity (Wildman–Crippen MR) is 87.5 cm³/mol. The molecule has 1 atom stereocenters. The molecule has 0 spiro atoms. The average Bonchev–Trinajstić information content (AvgIpc) is 3.04. The Bertz CT molecular complexity index is 572. The van der Waals surface area contributed by atoms with Crippen molar-refractivity contribution < 1.29 is 22.7 Å². The van der Waals surface area contributed by atoms with Crippen molar-refractivity contribution in [2.45, 2.75) is 25.8 Å². The van der Waals surface area contributed by atoms with Crippen LogP contribution in [0.1, 0.15) is 19.8 Å². The molecule has 2 saturated heterocycles. The summed E-state index contributed by atoms with van der Waals surface area (Å²) in [6.45, 7) is 3.37. The van der Waals surface area contributed by atoms with Crippen LogP contribution in [-0.2, 0) is 19.7 Å². The molecule has 0 aromatic rings. The van der Waals surface area contributed by atoms with Gasteiger partial charge in [-0.25, -0.2) is 4.79 Å². The summed E-state index contributed by atoms with van der Waals surface area (Å²) in [7, 11) is -0.453. The summed E-state index contributed by atoms with van der Waals surface area (Å²) in [6.07, 6.45) is 0.794. The Morgan fingerprint density at radius 2 is 1.75 bits per heavy atom. The predicted octanol–water partition coefficient (Wildman–Crippen LogP) is -0.442. The van der Waals surface area contributed by atoms with E-state index in [4.69, 9.17) is 4.74 Å². The fraction of sp³-hybridized carbons (Fsp3) is 0.857. The molecule has 10 heteroatoms. The van der Waals surface area contributed by atoms with E-state index in [0.29, 0.717) is 26.0 Å². The molecule has 2 heterocycles. The minimum Gasteiger partial charge on any atom is -0.450 e. The maximum Gasteiger partial charge on any atom is 0.409 e. The molecule has 138 valence electrons. The summed E-state index contributed by atoms with van der Waals surface area (Å²) in [4.78, 5) is 26.9. The van der Waals surface area contributed by atoms with Gasteiger partial charge < -0.3 is 14.5 Å². The number of carbonyl (C=O) groups excluding carboxylic acids is 2. The molecule has 0 bridgehead atoms. The summed E-state index contributed by atoms with van der Waals surface area (Å²) < 4.78 is 33.3. The zero-order valence-corrected chi connectivity index (χ0v) is 15.3. The van der Waals surface area contributed by atoms with Gasteiger partial charge in [-0.2, -0.15) is 17.0 Å². The number of rotatable bonds is 4. The SMILES string of the molecule is CCOC(=O)N1CCN(S(=O)(=O)N2CCCC2C(=O)N(C)C)CC1. The first-order chi connectivity index (χ1) is 11.3. The lowest BCUT2D eigenvalue weighted by atomic mass is 10.2. The number of hydrogen-bond donors (Lipinski definition) is 0. The first-order valence-corrected chi connectivity index (χ1v) is 9.58. The molecule has 2 aliphatic rings. The van der Waals surface area contributed by atoms with E-state index in [1.807, 2.05) is 0 Å². The summed E-state index contributed by atoms with van der Waals surface area (Å²) in [5, 5.41) is 0. The number of likely N-dealkylation sites (N-methyl/N-ethyl adjacent to an activating group) is 1. The highest BCUT2D eigenvalue weighted by atomic mass is 32.2. The van der Waals surface area contributed by atoms with E-state index in [1.165, 1.54) is 18.4 Å². The van der Waals surface area contributed by atoms with Crippen LogP contribution in [0.25, 0.3) is 0 Å². The second-order valence-corrected chi connectivity index (χ2v) is 7.98. The molecule has 0 N–H and O–H groups in total. The van der Waals surface area contributed by atoms with Crippen molar-refractivity contribution in [1.82, 2.24) is 18.4 Å². The Balaban J connectivity index is 2.03. The van der Waals surface area contributed by atoms with Crippen LogP contribution < -0.4 is 0 Å². The van der Waals surface area contributed by atoms with E-state index in [1.54, 1.807) is 21.0 Å². The van der Waals surface area contributed by atoms with Crippen molar-refractivity contribution >= 4 is 22.2 Å². The molecular weight excluding hydrogens is 336 g/mol. The van der Waals surface area contributed by atoms with Gasteiger partial charge in [0.25, 0.3) is 10.2 Å². The van der Waals surface area contributed by atoms with Crippen molar-refractivity contribution in [1.29, 1.82) is 0 Å². The van der Waals surface area contributed by atoms with Gasteiger partial charge in [-0.05, 0) is 19.8 Å². The largest absolute Gasteiger partial charge is 0.450 e. The molecule has 2 fully saturated rings. The van der Waals surface area contributed by atoms with E-state index in [2.05, 4.69) is 0 Å². The maximum atomic E-state index is 12.9. The summed E-state index contributed by atoms with van der Waals surface area (Å²) in [5.41, 5.74) is 0. The Labute approximate surface area is 143 Å². The highest BCUT2D eigenvalue weighted by Crippen LogP contribution is 2.25. The van der Waals surface area contributed by atoms with E-state index >= 15 is 0 Å². The lowest BCUT2D eigenvalue weighted by molar-refractivity contribution is -0.132. The zero-order chi connectivity index (χ0) is 17.9. The molecule has 24 heavy (non-hydrogen) atoms. The van der Waals surface area contributed by atoms with Crippen LogP contribution in [0.2, 0.25) is 0 Å². The van der Waals surface area contributed by atoms with Gasteiger partial charge in [0.05, 0.1) is 6.61 Å². The standard InChI is InChI=1S/C14H26N4O5S/c1-4-23-14(20)16-8-10-17(11-9-16)24(21,22)18-7-5-6-12(18)13(19)15(2)3/h12H,4-11H2,1-3H3. The molecular formula is C14H26N4O5S. The molecule has 9 nitrogen and oxygen atoms in total. The maximum absolute atomic E-state index is 12.9. The van der Waals surface area contributed by atoms with Crippen molar-refractivity contribution in [3.05, 3.63) is 0 Å². The third-order valence-electron chi connectivity index (χ3n) is 4.32. The molecule has 0 aromatic carbocycles. The molecule has 2 amide bonds. The van der Waals surface area contributed by atoms with Gasteiger partial charge in [0.1, 0.15) is 6.04 Å². The number of nitrogens with zero attached hydrogens (tertiary/aromatic N) is 4. The minimum atomic E-state index is -3.71. The highest BCUT2D eigenvalue weighted by Gasteiger charge is 2.43. The normalized spacial score (nSPS) is 23.3. The number of ether oxygens (including phenoxy) is 1. The second-order valence-electron chi connectivity index (χ2n) is 6.09. The quantitative estimate of drug-likeness (QED) is 0.676. The Morgan fingerprint density at radius 3 is 2.29 bits per heavy atom. The molecule has 0 saturated carbocycles. The number of hydrogen-bond acceptors (Lipinski definition) is 5. The lowest BCUT2D eigenvalue weighted by Gasteiger charge is -2.36. The third-order valence-corrected chi connectivity index (χ3v) is 6.36. The monoisotopic (exact) mass is 362 g/mol. The van der Waals surface area contributed by atoms with Crippen LogP contribution in [0.5, 0.6) is 0 Å². The second kappa shape index (κ2) is 7.66. The fourth-order valence-electron chi connectivity index (χ4n) is 3.03. The smallest absolute Gasteiger partial charge is 0.409 e. The van der Waals surface area contributed by atoms with Crippen molar-refractivity contribution in [2.75, 3.05) is 53.4 Å². The van der Waals surface area contributed by atoms with Gasteiger partial charge in [-0.1, -0.05) is 0 Å². The number of carbonyl (C=O) groups is 2. The van der Waals surface area contributed by atoms with Gasteiger partial charge in [0.15, 0.2) is 0 Å². The van der Waals surface area contributed by atoms with Gasteiger partial charge in [0, 0.05) is 46.8 Å². The van der Waals surface area contributed by atoms with Crippen molar-refractivity contribution in [2.24, 2.45) is 0 Å². The van der Waals surface area contributed by atoms with Crippen molar-refractivity contribution in [3.63, 3.8) is 0 Å². The van der Waals surface area contributed by atoms with Gasteiger partial charge in [0.2, 0.25) is 5.91 Å². The highest BCUT2D eigenvalue weighted by molar-refractivity contribution is 7.86. The minimum absolute atomic E-state index is 0.193.